The average Bonchev–Trinajstić information content (AvgIpc) is 3.15. The van der Waals surface area contributed by atoms with Gasteiger partial charge in [-0.1, -0.05) is 60.7 Å². The number of hydrogen-bond donors (Lipinski definition) is 1. The second-order valence-corrected chi connectivity index (χ2v) is 8.53. The molecular formula is C19H15N2O2PS. The van der Waals surface area contributed by atoms with Gasteiger partial charge in [0.1, 0.15) is 11.5 Å². The van der Waals surface area contributed by atoms with E-state index >= 15 is 0 Å². The zero-order chi connectivity index (χ0) is 17.1. The predicted octanol–water partition coefficient (Wildman–Crippen LogP) is 5.86. The molecule has 6 heteroatoms. The molecule has 25 heavy (non-hydrogen) atoms. The lowest BCUT2D eigenvalue weighted by Gasteiger charge is -2.23. The third-order valence-electron chi connectivity index (χ3n) is 3.66. The average molecular weight is 366 g/mol. The van der Waals surface area contributed by atoms with Crippen LogP contribution in [0.25, 0.3) is 11.5 Å². The van der Waals surface area contributed by atoms with Gasteiger partial charge >= 0.3 is 0 Å². The lowest BCUT2D eigenvalue weighted by molar-refractivity contribution is 0.469. The molecule has 4 rings (SSSR count). The van der Waals surface area contributed by atoms with Gasteiger partial charge in [-0.25, -0.2) is 4.98 Å². The summed E-state index contributed by atoms with van der Waals surface area (Å²) >= 11 is 1.42. The third kappa shape index (κ3) is 3.58. The molecule has 1 aliphatic rings. The summed E-state index contributed by atoms with van der Waals surface area (Å²) in [7, 11) is -3.00. The Bertz CT molecular complexity index is 908. The highest BCUT2D eigenvalue weighted by Gasteiger charge is 2.27. The minimum absolute atomic E-state index is 0.578. The van der Waals surface area contributed by atoms with Crippen LogP contribution in [-0.2, 0) is 9.30 Å². The molecule has 0 aliphatic carbocycles. The van der Waals surface area contributed by atoms with Crippen molar-refractivity contribution in [2.24, 2.45) is 0 Å². The molecular weight excluding hydrogens is 351 g/mol. The van der Waals surface area contributed by atoms with E-state index in [9.17, 15) is 4.57 Å². The molecule has 0 spiro atoms. The molecule has 0 atom stereocenters. The van der Waals surface area contributed by atoms with E-state index in [4.69, 9.17) is 4.74 Å². The molecule has 0 bridgehead atoms. The first kappa shape index (κ1) is 15.9. The summed E-state index contributed by atoms with van der Waals surface area (Å²) in [6.45, 7) is 0. The Kier molecular flexibility index (Phi) is 4.26. The predicted molar refractivity (Wildman–Crippen MR) is 103 cm³/mol. The topological polar surface area (TPSA) is 51.2 Å². The quantitative estimate of drug-likeness (QED) is 0.588. The SMILES string of the molecule is O=P1(Nc2nccs2)C=C(c2ccccc2)OC(c2ccccc2)=C1. The van der Waals surface area contributed by atoms with Crippen LogP contribution in [0.4, 0.5) is 5.13 Å². The van der Waals surface area contributed by atoms with Crippen molar-refractivity contribution in [3.05, 3.63) is 95.0 Å². The van der Waals surface area contributed by atoms with Crippen LogP contribution in [-0.4, -0.2) is 4.98 Å². The number of aromatic nitrogens is 1. The van der Waals surface area contributed by atoms with Gasteiger partial charge in [-0.05, 0) is 0 Å². The fourth-order valence-corrected chi connectivity index (χ4v) is 5.19. The van der Waals surface area contributed by atoms with E-state index in [1.807, 2.05) is 66.0 Å². The van der Waals surface area contributed by atoms with Crippen LogP contribution in [0.1, 0.15) is 11.1 Å². The van der Waals surface area contributed by atoms with Crippen LogP contribution in [0.3, 0.4) is 0 Å². The maximum absolute atomic E-state index is 13.5. The van der Waals surface area contributed by atoms with E-state index < -0.39 is 7.29 Å². The molecule has 2 heterocycles. The summed E-state index contributed by atoms with van der Waals surface area (Å²) in [6.07, 6.45) is 1.68. The van der Waals surface area contributed by atoms with Crippen LogP contribution in [0.2, 0.25) is 0 Å². The maximum atomic E-state index is 13.5. The van der Waals surface area contributed by atoms with E-state index in [0.717, 1.165) is 11.1 Å². The Balaban J connectivity index is 1.78. The van der Waals surface area contributed by atoms with Crippen LogP contribution in [0.5, 0.6) is 0 Å². The van der Waals surface area contributed by atoms with Crippen molar-refractivity contribution in [2.75, 3.05) is 5.09 Å². The van der Waals surface area contributed by atoms with Gasteiger partial charge in [0.2, 0.25) is 7.29 Å². The van der Waals surface area contributed by atoms with Crippen molar-refractivity contribution in [3.63, 3.8) is 0 Å². The zero-order valence-electron chi connectivity index (χ0n) is 13.2. The van der Waals surface area contributed by atoms with E-state index in [0.29, 0.717) is 16.6 Å². The summed E-state index contributed by atoms with van der Waals surface area (Å²) in [5.41, 5.74) is 1.76. The van der Waals surface area contributed by atoms with Crippen LogP contribution >= 0.6 is 18.6 Å². The first-order valence-corrected chi connectivity index (χ1v) is 10.5. The van der Waals surface area contributed by atoms with Crippen molar-refractivity contribution in [3.8, 4) is 0 Å². The van der Waals surface area contributed by atoms with Crippen LogP contribution in [0.15, 0.2) is 83.9 Å². The first-order valence-electron chi connectivity index (χ1n) is 7.73. The second-order valence-electron chi connectivity index (χ2n) is 5.48. The minimum atomic E-state index is -3.00. The van der Waals surface area contributed by atoms with Gasteiger partial charge < -0.3 is 9.82 Å². The fraction of sp³-hybridized carbons (Fsp3) is 0. The van der Waals surface area contributed by atoms with Crippen molar-refractivity contribution in [2.45, 2.75) is 0 Å². The number of benzene rings is 2. The number of anilines is 1. The van der Waals surface area contributed by atoms with Gasteiger partial charge in [0.15, 0.2) is 5.13 Å². The zero-order valence-corrected chi connectivity index (χ0v) is 14.9. The largest absolute Gasteiger partial charge is 0.456 e. The van der Waals surface area contributed by atoms with Gasteiger partial charge in [-0.15, -0.1) is 11.3 Å². The number of rotatable bonds is 4. The highest BCUT2D eigenvalue weighted by atomic mass is 32.1. The molecule has 0 saturated heterocycles. The molecule has 0 saturated carbocycles. The fourth-order valence-electron chi connectivity index (χ4n) is 2.52. The van der Waals surface area contributed by atoms with Gasteiger partial charge in [-0.2, -0.15) is 0 Å². The molecule has 1 aromatic heterocycles. The monoisotopic (exact) mass is 366 g/mol. The van der Waals surface area contributed by atoms with Crippen LogP contribution < -0.4 is 5.09 Å². The first-order chi connectivity index (χ1) is 12.2. The minimum Gasteiger partial charge on any atom is -0.456 e. The Morgan fingerprint density at radius 1 is 0.880 bits per heavy atom. The third-order valence-corrected chi connectivity index (χ3v) is 6.29. The van der Waals surface area contributed by atoms with E-state index in [2.05, 4.69) is 10.1 Å². The molecule has 0 unspecified atom stereocenters. The second kappa shape index (κ2) is 6.71. The number of nitrogens with zero attached hydrogens (tertiary/aromatic N) is 1. The standard InChI is InChI=1S/C19H15N2O2PS/c22-24(21-19-20-11-12-25-19)13-17(15-7-3-1-4-8-15)23-18(14-24)16-9-5-2-6-10-16/h1-14H,(H,20,21,22). The van der Waals surface area contributed by atoms with Gasteiger partial charge in [0, 0.05) is 34.3 Å². The summed E-state index contributed by atoms with van der Waals surface area (Å²) < 4.78 is 19.6. The summed E-state index contributed by atoms with van der Waals surface area (Å²) in [5.74, 6) is 4.48. The smallest absolute Gasteiger partial charge is 0.222 e. The maximum Gasteiger partial charge on any atom is 0.222 e. The highest BCUT2D eigenvalue weighted by Crippen LogP contribution is 2.56. The molecule has 124 valence electrons. The number of hydrogen-bond acceptors (Lipinski definition) is 4. The van der Waals surface area contributed by atoms with Gasteiger partial charge in [-0.3, -0.25) is 4.57 Å². The Morgan fingerprint density at radius 2 is 1.44 bits per heavy atom. The molecule has 1 aliphatic heterocycles. The van der Waals surface area contributed by atoms with Crippen molar-refractivity contribution in [1.82, 2.24) is 4.98 Å². The Labute approximate surface area is 149 Å². The van der Waals surface area contributed by atoms with E-state index in [-0.39, 0.29) is 0 Å². The number of thiazole rings is 1. The highest BCUT2D eigenvalue weighted by molar-refractivity contribution is 7.72. The van der Waals surface area contributed by atoms with E-state index in [1.54, 1.807) is 17.8 Å². The molecule has 4 nitrogen and oxygen atoms in total. The summed E-state index contributed by atoms with van der Waals surface area (Å²) in [4.78, 5) is 4.19. The molecule has 1 N–H and O–H groups in total. The van der Waals surface area contributed by atoms with Gasteiger partial charge in [0.05, 0.1) is 0 Å². The van der Waals surface area contributed by atoms with Crippen LogP contribution in [0, 0.1) is 0 Å². The lowest BCUT2D eigenvalue weighted by atomic mass is 10.2. The lowest BCUT2D eigenvalue weighted by Crippen LogP contribution is -2.02. The summed E-state index contributed by atoms with van der Waals surface area (Å²) in [5, 5.41) is 5.54. The molecule has 0 radical (unpaired) electrons. The normalized spacial score (nSPS) is 15.7. The molecule has 2 aromatic carbocycles. The molecule has 0 amide bonds. The number of nitrogens with one attached hydrogen (secondary N) is 1. The van der Waals surface area contributed by atoms with E-state index in [1.165, 1.54) is 11.3 Å². The van der Waals surface area contributed by atoms with Crippen molar-refractivity contribution < 1.29 is 9.30 Å². The van der Waals surface area contributed by atoms with Crippen molar-refractivity contribution in [1.29, 1.82) is 0 Å². The number of ether oxygens (including phenoxy) is 1. The Morgan fingerprint density at radius 3 is 1.92 bits per heavy atom. The molecule has 3 aromatic rings. The van der Waals surface area contributed by atoms with Gasteiger partial charge in [0.25, 0.3) is 0 Å². The Hall–Kier alpha value is -2.62. The summed E-state index contributed by atoms with van der Waals surface area (Å²) in [6, 6.07) is 19.3. The van der Waals surface area contributed by atoms with Crippen molar-refractivity contribution >= 4 is 35.3 Å². The molecule has 0 fully saturated rings.